The van der Waals surface area contributed by atoms with E-state index in [4.69, 9.17) is 0 Å². The van der Waals surface area contributed by atoms with E-state index in [0.717, 1.165) is 16.4 Å². The number of nitrogens with zero attached hydrogens (tertiary/aromatic N) is 4. The molecule has 1 aliphatic rings. The number of hydrogen-bond donors (Lipinski definition) is 2. The topological polar surface area (TPSA) is 108 Å². The normalized spacial score (nSPS) is 12.5. The first-order chi connectivity index (χ1) is 15.3. The van der Waals surface area contributed by atoms with Crippen LogP contribution in [0.3, 0.4) is 0 Å². The van der Waals surface area contributed by atoms with Gasteiger partial charge < -0.3 is 15.5 Å². The highest BCUT2D eigenvalue weighted by Gasteiger charge is 2.36. The highest BCUT2D eigenvalue weighted by atomic mass is 16.2. The minimum absolute atomic E-state index is 0.318. The molecule has 3 aromatic rings. The summed E-state index contributed by atoms with van der Waals surface area (Å²) in [5.41, 5.74) is 1.97. The lowest BCUT2D eigenvalue weighted by atomic mass is 10.1. The average molecular weight is 430 g/mol. The second-order valence-corrected chi connectivity index (χ2v) is 7.55. The fraction of sp³-hybridized carbons (Fsp3) is 0.174. The first-order valence-corrected chi connectivity index (χ1v) is 9.97. The summed E-state index contributed by atoms with van der Waals surface area (Å²) < 4.78 is 0. The largest absolute Gasteiger partial charge is 0.363 e. The fourth-order valence-corrected chi connectivity index (χ4v) is 3.36. The van der Waals surface area contributed by atoms with Crippen molar-refractivity contribution in [1.29, 1.82) is 0 Å². The van der Waals surface area contributed by atoms with Crippen LogP contribution in [0.25, 0.3) is 0 Å². The number of benzene rings is 2. The molecule has 162 valence electrons. The Hall–Kier alpha value is -4.27. The average Bonchev–Trinajstić information content (AvgIpc) is 3.00. The molecule has 0 atom stereocenters. The molecule has 0 radical (unpaired) electrons. The molecule has 1 aromatic heterocycles. The van der Waals surface area contributed by atoms with Crippen LogP contribution in [0.5, 0.6) is 0 Å². The maximum absolute atomic E-state index is 12.4. The van der Waals surface area contributed by atoms with Crippen molar-refractivity contribution in [2.24, 2.45) is 0 Å². The summed E-state index contributed by atoms with van der Waals surface area (Å²) >= 11 is 0. The Kier molecular flexibility index (Phi) is 5.55. The van der Waals surface area contributed by atoms with Crippen molar-refractivity contribution in [2.75, 3.05) is 36.2 Å². The quantitative estimate of drug-likeness (QED) is 0.579. The number of nitrogens with one attached hydrogen (secondary N) is 2. The van der Waals surface area contributed by atoms with Crippen molar-refractivity contribution in [3.8, 4) is 0 Å². The molecular weight excluding hydrogens is 408 g/mol. The third kappa shape index (κ3) is 4.27. The van der Waals surface area contributed by atoms with E-state index < -0.39 is 17.7 Å². The molecule has 0 bridgehead atoms. The summed E-state index contributed by atoms with van der Waals surface area (Å²) in [4.78, 5) is 48.8. The van der Waals surface area contributed by atoms with E-state index in [1.165, 1.54) is 0 Å². The second-order valence-electron chi connectivity index (χ2n) is 7.55. The Bertz CT molecular complexity index is 1170. The second kappa shape index (κ2) is 8.46. The molecule has 3 amide bonds. The lowest BCUT2D eigenvalue weighted by molar-refractivity contribution is -0.116. The number of fused-ring (bicyclic) bond motifs is 1. The Morgan fingerprint density at radius 1 is 0.938 bits per heavy atom. The highest BCUT2D eigenvalue weighted by molar-refractivity contribution is 6.22. The number of carbonyl (C=O) groups excluding carboxylic acids is 3. The maximum Gasteiger partial charge on any atom is 0.262 e. The van der Waals surface area contributed by atoms with Crippen LogP contribution in [0.15, 0.2) is 54.6 Å². The minimum Gasteiger partial charge on any atom is -0.363 e. The Labute approximate surface area is 185 Å². The smallest absolute Gasteiger partial charge is 0.262 e. The molecule has 2 heterocycles. The molecule has 4 rings (SSSR count). The van der Waals surface area contributed by atoms with E-state index in [1.54, 1.807) is 48.5 Å². The van der Waals surface area contributed by atoms with Gasteiger partial charge in [-0.25, -0.2) is 9.97 Å². The molecular formula is C23H22N6O3. The number of anilines is 4. The van der Waals surface area contributed by atoms with E-state index in [-0.39, 0.29) is 6.54 Å². The summed E-state index contributed by atoms with van der Waals surface area (Å²) in [5.74, 6) is 0.716. The number of carbonyl (C=O) groups is 3. The van der Waals surface area contributed by atoms with E-state index in [9.17, 15) is 14.4 Å². The van der Waals surface area contributed by atoms with Gasteiger partial charge in [0.15, 0.2) is 0 Å². The number of rotatable bonds is 6. The van der Waals surface area contributed by atoms with Crippen molar-refractivity contribution in [1.82, 2.24) is 14.9 Å². The molecule has 1 aliphatic heterocycles. The lowest BCUT2D eigenvalue weighted by Gasteiger charge is -2.15. The fourth-order valence-electron chi connectivity index (χ4n) is 3.36. The lowest BCUT2D eigenvalue weighted by Crippen LogP contribution is -2.37. The molecule has 32 heavy (non-hydrogen) atoms. The highest BCUT2D eigenvalue weighted by Crippen LogP contribution is 2.23. The van der Waals surface area contributed by atoms with Gasteiger partial charge in [-0.3, -0.25) is 19.3 Å². The molecule has 0 aliphatic carbocycles. The van der Waals surface area contributed by atoms with Gasteiger partial charge in [-0.05, 0) is 43.3 Å². The monoisotopic (exact) mass is 430 g/mol. The van der Waals surface area contributed by atoms with Gasteiger partial charge in [0.05, 0.1) is 11.1 Å². The zero-order chi connectivity index (χ0) is 22.8. The molecule has 0 unspecified atom stereocenters. The predicted octanol–water partition coefficient (Wildman–Crippen LogP) is 2.83. The molecule has 2 aromatic carbocycles. The summed E-state index contributed by atoms with van der Waals surface area (Å²) in [6, 6.07) is 15.4. The van der Waals surface area contributed by atoms with Crippen LogP contribution < -0.4 is 15.5 Å². The molecule has 9 heteroatoms. The van der Waals surface area contributed by atoms with Crippen LogP contribution in [0.2, 0.25) is 0 Å². The standard InChI is InChI=1S/C23H22N6O3/c1-14-24-19(12-20(25-14)28(2)3)26-15-8-10-16(11-9-15)27-21(30)13-29-22(31)17-6-4-5-7-18(17)23(29)32/h4-12H,13H2,1-3H3,(H,27,30)(H,24,25,26). The molecule has 0 saturated heterocycles. The van der Waals surface area contributed by atoms with Crippen molar-refractivity contribution in [3.05, 3.63) is 71.5 Å². The number of aryl methyl sites for hydroxylation is 1. The Morgan fingerprint density at radius 3 is 2.12 bits per heavy atom. The van der Waals surface area contributed by atoms with Gasteiger partial charge in [0.25, 0.3) is 11.8 Å². The third-order valence-corrected chi connectivity index (χ3v) is 4.90. The van der Waals surface area contributed by atoms with Crippen LogP contribution in [0.4, 0.5) is 23.0 Å². The van der Waals surface area contributed by atoms with Gasteiger partial charge >= 0.3 is 0 Å². The van der Waals surface area contributed by atoms with Gasteiger partial charge in [-0.15, -0.1) is 0 Å². The van der Waals surface area contributed by atoms with E-state index in [1.807, 2.05) is 32.0 Å². The summed E-state index contributed by atoms with van der Waals surface area (Å²) in [6.45, 7) is 1.48. The molecule has 2 N–H and O–H groups in total. The first kappa shape index (κ1) is 21.0. The van der Waals surface area contributed by atoms with Crippen LogP contribution in [0, 0.1) is 6.92 Å². The van der Waals surface area contributed by atoms with Crippen LogP contribution in [0.1, 0.15) is 26.5 Å². The number of hydrogen-bond acceptors (Lipinski definition) is 7. The van der Waals surface area contributed by atoms with Gasteiger partial charge in [-0.1, -0.05) is 12.1 Å². The van der Waals surface area contributed by atoms with E-state index in [0.29, 0.717) is 28.5 Å². The summed E-state index contributed by atoms with van der Waals surface area (Å²) in [5, 5.41) is 5.93. The number of aromatic nitrogens is 2. The van der Waals surface area contributed by atoms with E-state index in [2.05, 4.69) is 20.6 Å². The first-order valence-electron chi connectivity index (χ1n) is 9.97. The SMILES string of the molecule is Cc1nc(Nc2ccc(NC(=O)CN3C(=O)c4ccccc4C3=O)cc2)cc(N(C)C)n1. The van der Waals surface area contributed by atoms with E-state index >= 15 is 0 Å². The van der Waals surface area contributed by atoms with Crippen molar-refractivity contribution in [3.63, 3.8) is 0 Å². The zero-order valence-corrected chi connectivity index (χ0v) is 17.9. The van der Waals surface area contributed by atoms with Gasteiger partial charge in [0, 0.05) is 31.5 Å². The molecule has 0 fully saturated rings. The van der Waals surface area contributed by atoms with Crippen LogP contribution in [-0.2, 0) is 4.79 Å². The predicted molar refractivity (Wildman–Crippen MR) is 121 cm³/mol. The Morgan fingerprint density at radius 2 is 1.53 bits per heavy atom. The number of amides is 3. The molecule has 0 spiro atoms. The van der Waals surface area contributed by atoms with Gasteiger partial charge in [0.2, 0.25) is 5.91 Å². The zero-order valence-electron chi connectivity index (χ0n) is 17.9. The Balaban J connectivity index is 1.39. The van der Waals surface area contributed by atoms with Crippen LogP contribution >= 0.6 is 0 Å². The summed E-state index contributed by atoms with van der Waals surface area (Å²) in [7, 11) is 3.82. The van der Waals surface area contributed by atoms with Crippen molar-refractivity contribution >= 4 is 40.7 Å². The summed E-state index contributed by atoms with van der Waals surface area (Å²) in [6.07, 6.45) is 0. The maximum atomic E-state index is 12.4. The molecule has 9 nitrogen and oxygen atoms in total. The number of imide groups is 1. The van der Waals surface area contributed by atoms with Crippen LogP contribution in [-0.4, -0.2) is 53.2 Å². The third-order valence-electron chi connectivity index (χ3n) is 4.90. The van der Waals surface area contributed by atoms with Gasteiger partial charge in [-0.2, -0.15) is 0 Å². The van der Waals surface area contributed by atoms with Crippen molar-refractivity contribution in [2.45, 2.75) is 6.92 Å². The molecule has 0 saturated carbocycles. The minimum atomic E-state index is -0.461. The van der Waals surface area contributed by atoms with Crippen molar-refractivity contribution < 1.29 is 14.4 Å². The van der Waals surface area contributed by atoms with Gasteiger partial charge in [0.1, 0.15) is 24.0 Å².